The Labute approximate surface area is 834 Å². The fourth-order valence-corrected chi connectivity index (χ4v) is 27.1. The van der Waals surface area contributed by atoms with Crippen LogP contribution in [0.5, 0.6) is 69.0 Å². The molecule has 0 saturated heterocycles. The highest BCUT2D eigenvalue weighted by molar-refractivity contribution is 5.61. The Balaban J connectivity index is 0.836. The summed E-state index contributed by atoms with van der Waals surface area (Å²) in [5.74, 6) is 17.3. The average molecular weight is 1890 g/mol. The van der Waals surface area contributed by atoms with E-state index in [4.69, 9.17) is 56.8 Å². The summed E-state index contributed by atoms with van der Waals surface area (Å²) in [6, 6.07) is 29.5. The summed E-state index contributed by atoms with van der Waals surface area (Å²) in [4.78, 5) is 0. The van der Waals surface area contributed by atoms with Crippen LogP contribution < -0.4 is 56.8 Å². The Morgan fingerprint density at radius 3 is 0.254 bits per heavy atom. The number of ether oxygens (including phenoxy) is 12. The summed E-state index contributed by atoms with van der Waals surface area (Å²) in [5, 5.41) is 0. The van der Waals surface area contributed by atoms with Crippen LogP contribution in [0.3, 0.4) is 0 Å². The Hall–Kier alpha value is -7.08. The van der Waals surface area contributed by atoms with E-state index in [-0.39, 0.29) is 0 Å². The van der Waals surface area contributed by atoms with Crippen LogP contribution in [-0.4, -0.2) is 79.3 Å². The molecule has 0 unspecified atom stereocenters. The summed E-state index contributed by atoms with van der Waals surface area (Å²) in [6.45, 7) is 8.24. The van der Waals surface area contributed by atoms with Crippen molar-refractivity contribution in [3.8, 4) is 69.0 Å². The minimum Gasteiger partial charge on any atom is -0.493 e. The fourth-order valence-electron chi connectivity index (χ4n) is 27.1. The van der Waals surface area contributed by atoms with E-state index in [1.165, 1.54) is 385 Å². The van der Waals surface area contributed by atoms with Gasteiger partial charge in [0.25, 0.3) is 0 Å². The van der Waals surface area contributed by atoms with Crippen molar-refractivity contribution in [2.24, 2.45) is 71.0 Å². The highest BCUT2D eigenvalue weighted by Gasteiger charge is 2.34. The van der Waals surface area contributed by atoms with Crippen molar-refractivity contribution >= 4 is 0 Å². The predicted molar refractivity (Wildman–Crippen MR) is 560 cm³/mol. The topological polar surface area (TPSA) is 111 Å². The van der Waals surface area contributed by atoms with E-state index in [2.05, 4.69) is 72.8 Å². The van der Waals surface area contributed by atoms with Crippen LogP contribution >= 0.6 is 0 Å². The van der Waals surface area contributed by atoms with E-state index >= 15 is 0 Å². The largest absolute Gasteiger partial charge is 0.493 e. The molecule has 0 atom stereocenters. The minimum absolute atomic E-state index is 0.489. The molecule has 6 aromatic carbocycles. The van der Waals surface area contributed by atoms with Crippen molar-refractivity contribution in [2.45, 2.75) is 424 Å². The molecule has 12 saturated carbocycles. The summed E-state index contributed by atoms with van der Waals surface area (Å²) in [6.07, 6.45) is 78.1. The van der Waals surface area contributed by atoms with Crippen molar-refractivity contribution < 1.29 is 56.8 Å². The lowest BCUT2D eigenvalue weighted by molar-refractivity contribution is 0.199. The van der Waals surface area contributed by atoms with Crippen molar-refractivity contribution in [1.29, 1.82) is 0 Å². The Kier molecular flexibility index (Phi) is 37.9. The van der Waals surface area contributed by atoms with Crippen LogP contribution in [0.25, 0.3) is 0 Å². The van der Waals surface area contributed by atoms with Crippen molar-refractivity contribution in [3.63, 3.8) is 0 Å². The number of hydrogen-bond donors (Lipinski definition) is 0. The fraction of sp³-hybridized carbons (Fsp3) is 0.714. The van der Waals surface area contributed by atoms with Gasteiger partial charge in [-0.2, -0.15) is 0 Å². The van der Waals surface area contributed by atoms with Gasteiger partial charge in [-0.15, -0.1) is 0 Å². The van der Waals surface area contributed by atoms with Gasteiger partial charge >= 0.3 is 0 Å². The lowest BCUT2D eigenvalue weighted by Crippen LogP contribution is -2.19. The van der Waals surface area contributed by atoms with Gasteiger partial charge in [-0.1, -0.05) is 231 Å². The normalized spacial score (nSPS) is 21.7. The second kappa shape index (κ2) is 52.4. The molecule has 756 valence electrons. The van der Waals surface area contributed by atoms with Crippen LogP contribution in [0, 0.1) is 71.0 Å². The van der Waals surface area contributed by atoms with Gasteiger partial charge in [0.1, 0.15) is 69.0 Å². The van der Waals surface area contributed by atoms with Gasteiger partial charge in [0.05, 0.1) is 79.3 Å². The molecule has 0 radical (unpaired) electrons. The quantitative estimate of drug-likeness (QED) is 0.0373. The Bertz CT molecular complexity index is 3620. The predicted octanol–water partition coefficient (Wildman–Crippen LogP) is 33.1. The van der Waals surface area contributed by atoms with Gasteiger partial charge in [-0.25, -0.2) is 0 Å². The highest BCUT2D eigenvalue weighted by Crippen LogP contribution is 2.49. The van der Waals surface area contributed by atoms with Crippen LogP contribution in [0.15, 0.2) is 72.8 Å². The average Bonchev–Trinajstić information content (AvgIpc) is 0.785. The van der Waals surface area contributed by atoms with Crippen molar-refractivity contribution in [1.82, 2.24) is 0 Å². The maximum absolute atomic E-state index is 7.68. The summed E-state index contributed by atoms with van der Waals surface area (Å²) in [7, 11) is 0. The first kappa shape index (κ1) is 99.6. The Morgan fingerprint density at radius 1 is 0.109 bits per heavy atom. The molecule has 12 nitrogen and oxygen atoms in total. The Morgan fingerprint density at radius 2 is 0.181 bits per heavy atom. The first-order chi connectivity index (χ1) is 68.3. The molecule has 34 rings (SSSR count). The molecule has 0 aliphatic heterocycles. The lowest BCUT2D eigenvalue weighted by Gasteiger charge is -2.28. The molecule has 0 heterocycles. The van der Waals surface area contributed by atoms with Gasteiger partial charge in [0.2, 0.25) is 0 Å². The van der Waals surface area contributed by atoms with Gasteiger partial charge in [-0.3, -0.25) is 0 Å². The molecule has 0 aromatic heterocycles. The van der Waals surface area contributed by atoms with E-state index in [1.807, 2.05) is 0 Å². The van der Waals surface area contributed by atoms with Crippen LogP contribution in [0.4, 0.5) is 0 Å². The molecule has 0 N–H and O–H groups in total. The zero-order valence-electron chi connectivity index (χ0n) is 85.9. The molecule has 12 bridgehead atoms. The molecule has 0 spiro atoms. The molecule has 0 amide bonds. The monoisotopic (exact) mass is 1890 g/mol. The molecule has 138 heavy (non-hydrogen) atoms. The van der Waals surface area contributed by atoms with Crippen molar-refractivity contribution in [3.05, 3.63) is 140 Å². The van der Waals surface area contributed by atoms with E-state index in [0.29, 0.717) is 189 Å². The molecule has 28 aliphatic carbocycles. The molecule has 28 aliphatic rings. The smallest absolute Gasteiger partial charge is 0.123 e. The van der Waals surface area contributed by atoms with E-state index in [9.17, 15) is 0 Å². The maximum atomic E-state index is 7.68. The van der Waals surface area contributed by atoms with E-state index in [1.54, 1.807) is 0 Å². The highest BCUT2D eigenvalue weighted by atomic mass is 16.5. The summed E-state index contributed by atoms with van der Waals surface area (Å²) >= 11 is 0. The van der Waals surface area contributed by atoms with Crippen LogP contribution in [-0.2, 0) is 38.5 Å². The molecule has 12 fully saturated rings. The maximum Gasteiger partial charge on any atom is 0.123 e. The van der Waals surface area contributed by atoms with Gasteiger partial charge < -0.3 is 56.8 Å². The van der Waals surface area contributed by atoms with Gasteiger partial charge in [-0.05, 0) is 298 Å². The first-order valence-electron chi connectivity index (χ1n) is 58.8. The molecular formula is C126H180O12. The SMILES string of the molecule is c1c2c(OCC3CCCCC3)cc(c1OCC1CCCCC1)Cc1cc(OCC3CCCCC3)c(cc1OCC1CCCCC1)Cc1cc(OCC3CCCCC3)c(cc1OCC1CCCCC1)Cc1cc(OCC3CCCCC3)c(cc1OCC1CCCCC1)Cc1cc(OCC3CCCCC3)c(cc1OCC1CCCCC1)Cc1cc(OCC3CCCCC3)c(cc1OCC1CCCCC1)C2. The minimum atomic E-state index is 0.489. The zero-order valence-corrected chi connectivity index (χ0v) is 85.9. The second-order valence-corrected chi connectivity index (χ2v) is 47.2. The lowest BCUT2D eigenvalue weighted by atomic mass is 9.89. The summed E-state index contributed by atoms with van der Waals surface area (Å²) < 4.78 is 92.2. The third-order valence-electron chi connectivity index (χ3n) is 36.1. The second-order valence-electron chi connectivity index (χ2n) is 47.2. The zero-order chi connectivity index (χ0) is 92.9. The summed E-state index contributed by atoms with van der Waals surface area (Å²) in [5.41, 5.74) is 13.7. The van der Waals surface area contributed by atoms with Crippen LogP contribution in [0.1, 0.15) is 452 Å². The number of hydrogen-bond acceptors (Lipinski definition) is 12. The standard InChI is InChI=1S/C126H180O12/c1-13-37-91(38-14-1)79-127-115-67-104-62-106-70-120(132-84-96-47-23-6-24-48-96)108(72-119(106)131-83-95-45-21-5-22-46-95)64-110-74-124(136-88-100-55-31-10-32-56-100)112(76-123(110)135-87-99-53-29-9-30-54-99)66-114-78-125(137-89-101-57-33-11-34-58-101)113(77-126(114)138-90-102-59-35-12-36-60-102)65-111-75-121(133-85-97-49-25-7-26-50-97)109(73-122(111)134-86-98-51-27-8-28-52-98)63-107-71-117(129-81-93-41-17-3-18-42-93)105(69-118(107)130-82-94-43-19-4-20-44-94)61-103(115)68-116(104)128-80-92-39-15-2-16-40-92/h67-78,91-102H,1-66,79-90H2. The molecule has 12 heteroatoms. The first-order valence-corrected chi connectivity index (χ1v) is 58.8. The molecular weight excluding hydrogens is 1710 g/mol. The van der Waals surface area contributed by atoms with Gasteiger partial charge in [0.15, 0.2) is 0 Å². The number of rotatable bonds is 36. The third-order valence-corrected chi connectivity index (χ3v) is 36.1. The molecule has 6 aromatic rings. The third kappa shape index (κ3) is 29.2. The van der Waals surface area contributed by atoms with Crippen molar-refractivity contribution in [2.75, 3.05) is 79.3 Å². The van der Waals surface area contributed by atoms with Crippen LogP contribution in [0.2, 0.25) is 0 Å². The van der Waals surface area contributed by atoms with E-state index in [0.717, 1.165) is 136 Å². The van der Waals surface area contributed by atoms with E-state index < -0.39 is 0 Å². The van der Waals surface area contributed by atoms with Gasteiger partial charge in [0, 0.05) is 105 Å². The number of benzene rings is 6.